The monoisotopic (exact) mass is 192 g/mol. The molecular formula is C12H20Si. The van der Waals surface area contributed by atoms with Gasteiger partial charge in [-0.1, -0.05) is 56.4 Å². The standard InChI is InChI=1S/C12H20Si/c1-10-7-6-8-12(9-10)11(2)13(3,4)5/h6-9,11H,1-5H3/t11-/m1/s1. The van der Waals surface area contributed by atoms with Crippen molar-refractivity contribution in [3.8, 4) is 0 Å². The summed E-state index contributed by atoms with van der Waals surface area (Å²) in [6, 6.07) is 8.92. The Morgan fingerprint density at radius 3 is 2.23 bits per heavy atom. The molecule has 72 valence electrons. The van der Waals surface area contributed by atoms with Gasteiger partial charge in [-0.25, -0.2) is 0 Å². The molecule has 0 nitrogen and oxygen atoms in total. The quantitative estimate of drug-likeness (QED) is 0.622. The molecule has 0 aliphatic rings. The Bertz CT molecular complexity index is 283. The highest BCUT2D eigenvalue weighted by atomic mass is 28.3. The molecule has 0 unspecified atom stereocenters. The Kier molecular flexibility index (Phi) is 2.97. The van der Waals surface area contributed by atoms with Gasteiger partial charge in [-0.2, -0.15) is 0 Å². The van der Waals surface area contributed by atoms with Crippen molar-refractivity contribution in [1.29, 1.82) is 0 Å². The highest BCUT2D eigenvalue weighted by Gasteiger charge is 2.23. The van der Waals surface area contributed by atoms with E-state index in [4.69, 9.17) is 0 Å². The molecule has 0 spiro atoms. The van der Waals surface area contributed by atoms with Crippen LogP contribution in [0.25, 0.3) is 0 Å². The van der Waals surface area contributed by atoms with E-state index in [1.165, 1.54) is 11.1 Å². The largest absolute Gasteiger partial charge is 0.0691 e. The minimum atomic E-state index is -1.02. The highest BCUT2D eigenvalue weighted by molar-refractivity contribution is 6.77. The Morgan fingerprint density at radius 2 is 1.77 bits per heavy atom. The van der Waals surface area contributed by atoms with Crippen LogP contribution in [-0.4, -0.2) is 8.07 Å². The van der Waals surface area contributed by atoms with Gasteiger partial charge >= 0.3 is 0 Å². The van der Waals surface area contributed by atoms with E-state index < -0.39 is 8.07 Å². The summed E-state index contributed by atoms with van der Waals surface area (Å²) in [5, 5.41) is 0. The van der Waals surface area contributed by atoms with Crippen LogP contribution in [0.15, 0.2) is 24.3 Å². The first kappa shape index (κ1) is 10.5. The molecule has 13 heavy (non-hydrogen) atoms. The lowest BCUT2D eigenvalue weighted by molar-refractivity contribution is 1.01. The number of aryl methyl sites for hydroxylation is 1. The predicted octanol–water partition coefficient (Wildman–Crippen LogP) is 3.98. The highest BCUT2D eigenvalue weighted by Crippen LogP contribution is 2.26. The van der Waals surface area contributed by atoms with Crippen LogP contribution in [0.1, 0.15) is 23.6 Å². The predicted molar refractivity (Wildman–Crippen MR) is 62.9 cm³/mol. The summed E-state index contributed by atoms with van der Waals surface area (Å²) in [6.07, 6.45) is 0. The van der Waals surface area contributed by atoms with Crippen molar-refractivity contribution < 1.29 is 0 Å². The second-order valence-corrected chi connectivity index (χ2v) is 10.6. The van der Waals surface area contributed by atoms with Crippen LogP contribution in [0, 0.1) is 6.92 Å². The average molecular weight is 192 g/mol. The lowest BCUT2D eigenvalue weighted by Gasteiger charge is -2.25. The van der Waals surface area contributed by atoms with E-state index in [2.05, 4.69) is 57.8 Å². The third-order valence-corrected chi connectivity index (χ3v) is 5.77. The van der Waals surface area contributed by atoms with E-state index in [1.807, 2.05) is 0 Å². The number of hydrogen-bond acceptors (Lipinski definition) is 0. The van der Waals surface area contributed by atoms with Gasteiger partial charge in [0.1, 0.15) is 0 Å². The molecule has 1 aromatic carbocycles. The second kappa shape index (κ2) is 3.67. The summed E-state index contributed by atoms with van der Waals surface area (Å²) in [7, 11) is -1.02. The van der Waals surface area contributed by atoms with Crippen molar-refractivity contribution in [3.05, 3.63) is 35.4 Å². The van der Waals surface area contributed by atoms with Crippen molar-refractivity contribution in [1.82, 2.24) is 0 Å². The fraction of sp³-hybridized carbons (Fsp3) is 0.500. The average Bonchev–Trinajstić information content (AvgIpc) is 2.01. The van der Waals surface area contributed by atoms with Gasteiger partial charge in [-0.3, -0.25) is 0 Å². The third-order valence-electron chi connectivity index (χ3n) is 2.84. The number of rotatable bonds is 2. The number of benzene rings is 1. The van der Waals surface area contributed by atoms with E-state index in [-0.39, 0.29) is 0 Å². The molecular weight excluding hydrogens is 172 g/mol. The lowest BCUT2D eigenvalue weighted by Crippen LogP contribution is -2.28. The van der Waals surface area contributed by atoms with Crippen LogP contribution in [-0.2, 0) is 0 Å². The minimum Gasteiger partial charge on any atom is -0.0691 e. The maximum Gasteiger partial charge on any atom is 0.0517 e. The SMILES string of the molecule is Cc1cccc([C@@H](C)[Si](C)(C)C)c1. The molecule has 0 N–H and O–H groups in total. The van der Waals surface area contributed by atoms with Crippen molar-refractivity contribution >= 4 is 8.07 Å². The van der Waals surface area contributed by atoms with Crippen LogP contribution in [0.4, 0.5) is 0 Å². The molecule has 1 atom stereocenters. The maximum absolute atomic E-state index is 2.43. The Labute approximate surface area is 83.0 Å². The Morgan fingerprint density at radius 1 is 1.15 bits per heavy atom. The maximum atomic E-state index is 2.43. The fourth-order valence-corrected chi connectivity index (χ4v) is 2.62. The number of hydrogen-bond donors (Lipinski definition) is 0. The molecule has 0 heterocycles. The first-order chi connectivity index (χ1) is 5.91. The van der Waals surface area contributed by atoms with Gasteiger partial charge in [0, 0.05) is 0 Å². The van der Waals surface area contributed by atoms with Gasteiger partial charge in [0.05, 0.1) is 8.07 Å². The van der Waals surface area contributed by atoms with Crippen molar-refractivity contribution in [2.45, 2.75) is 39.0 Å². The summed E-state index contributed by atoms with van der Waals surface area (Å²) >= 11 is 0. The van der Waals surface area contributed by atoms with Crippen molar-refractivity contribution in [3.63, 3.8) is 0 Å². The van der Waals surface area contributed by atoms with Gasteiger partial charge in [0.2, 0.25) is 0 Å². The smallest absolute Gasteiger partial charge is 0.0517 e. The second-order valence-electron chi connectivity index (χ2n) is 5.00. The summed E-state index contributed by atoms with van der Waals surface area (Å²) < 4.78 is 0. The molecule has 1 rings (SSSR count). The first-order valence-corrected chi connectivity index (χ1v) is 8.55. The molecule has 0 fully saturated rings. The first-order valence-electron chi connectivity index (χ1n) is 4.98. The Balaban J connectivity index is 2.96. The zero-order valence-electron chi connectivity index (χ0n) is 9.39. The molecule has 0 saturated heterocycles. The van der Waals surface area contributed by atoms with Crippen molar-refractivity contribution in [2.24, 2.45) is 0 Å². The summed E-state index contributed by atoms with van der Waals surface area (Å²) in [6.45, 7) is 11.8. The summed E-state index contributed by atoms with van der Waals surface area (Å²) in [5.41, 5.74) is 3.65. The zero-order valence-corrected chi connectivity index (χ0v) is 10.4. The molecule has 0 amide bonds. The molecule has 0 bridgehead atoms. The van der Waals surface area contributed by atoms with Crippen LogP contribution in [0.2, 0.25) is 19.6 Å². The molecule has 0 saturated carbocycles. The minimum absolute atomic E-state index is 0.757. The van der Waals surface area contributed by atoms with Crippen LogP contribution >= 0.6 is 0 Å². The molecule has 0 aromatic heterocycles. The zero-order chi connectivity index (χ0) is 10.1. The summed E-state index contributed by atoms with van der Waals surface area (Å²) in [4.78, 5) is 0. The molecule has 0 aliphatic carbocycles. The van der Waals surface area contributed by atoms with Crippen LogP contribution < -0.4 is 0 Å². The van der Waals surface area contributed by atoms with E-state index in [0.29, 0.717) is 0 Å². The van der Waals surface area contributed by atoms with E-state index in [9.17, 15) is 0 Å². The lowest BCUT2D eigenvalue weighted by atomic mass is 10.1. The fourth-order valence-electron chi connectivity index (χ4n) is 1.44. The van der Waals surface area contributed by atoms with E-state index in [0.717, 1.165) is 5.54 Å². The topological polar surface area (TPSA) is 0 Å². The van der Waals surface area contributed by atoms with Gasteiger partial charge in [-0.15, -0.1) is 0 Å². The summed E-state index contributed by atoms with van der Waals surface area (Å²) in [5.74, 6) is 0. The van der Waals surface area contributed by atoms with E-state index >= 15 is 0 Å². The molecule has 0 radical (unpaired) electrons. The van der Waals surface area contributed by atoms with Gasteiger partial charge in [0.25, 0.3) is 0 Å². The normalized spacial score (nSPS) is 14.2. The van der Waals surface area contributed by atoms with Gasteiger partial charge in [0.15, 0.2) is 0 Å². The van der Waals surface area contributed by atoms with Crippen LogP contribution in [0.3, 0.4) is 0 Å². The third kappa shape index (κ3) is 2.70. The molecule has 1 heteroatoms. The molecule has 0 aliphatic heterocycles. The van der Waals surface area contributed by atoms with Crippen molar-refractivity contribution in [2.75, 3.05) is 0 Å². The molecule has 1 aromatic rings. The van der Waals surface area contributed by atoms with Gasteiger partial charge in [-0.05, 0) is 18.0 Å². The van der Waals surface area contributed by atoms with E-state index in [1.54, 1.807) is 0 Å². The van der Waals surface area contributed by atoms with Crippen LogP contribution in [0.5, 0.6) is 0 Å². The van der Waals surface area contributed by atoms with Gasteiger partial charge < -0.3 is 0 Å². The Hall–Kier alpha value is -0.563.